The molecule has 11 heteroatoms. The maximum absolute atomic E-state index is 13.4. The number of nitrogens with zero attached hydrogens (tertiary/aromatic N) is 5. The summed E-state index contributed by atoms with van der Waals surface area (Å²) in [6.45, 7) is 6.18. The number of carbonyl (C=O) groups excluding carboxylic acids is 1. The maximum Gasteiger partial charge on any atom is 0.268 e. The van der Waals surface area contributed by atoms with Crippen molar-refractivity contribution in [3.63, 3.8) is 0 Å². The summed E-state index contributed by atoms with van der Waals surface area (Å²) >= 11 is 0. The number of sulfonamides is 1. The quantitative estimate of drug-likeness (QED) is 0.522. The molecule has 0 radical (unpaired) electrons. The first kappa shape index (κ1) is 24.0. The molecule has 3 heterocycles. The fourth-order valence-electron chi connectivity index (χ4n) is 4.55. The number of benzene rings is 2. The third-order valence-electron chi connectivity index (χ3n) is 6.55. The van der Waals surface area contributed by atoms with Crippen LogP contribution in [0.2, 0.25) is 0 Å². The first-order valence-electron chi connectivity index (χ1n) is 11.9. The van der Waals surface area contributed by atoms with Crippen LogP contribution in [0.25, 0.3) is 11.3 Å². The Balaban J connectivity index is 1.47. The van der Waals surface area contributed by atoms with Crippen LogP contribution in [0.15, 0.2) is 53.6 Å². The van der Waals surface area contributed by atoms with Crippen LogP contribution in [0.1, 0.15) is 23.7 Å². The molecule has 3 N–H and O–H groups in total. The maximum atomic E-state index is 13.4. The molecular formula is C25H29N7O3S. The molecule has 1 fully saturated rings. The van der Waals surface area contributed by atoms with Crippen molar-refractivity contribution in [1.82, 2.24) is 14.9 Å². The van der Waals surface area contributed by atoms with Gasteiger partial charge in [-0.1, -0.05) is 6.92 Å². The van der Waals surface area contributed by atoms with Gasteiger partial charge in [0.05, 0.1) is 17.6 Å². The Kier molecular flexibility index (Phi) is 6.27. The molecule has 1 aromatic heterocycles. The van der Waals surface area contributed by atoms with E-state index in [9.17, 15) is 13.2 Å². The Labute approximate surface area is 210 Å². The summed E-state index contributed by atoms with van der Waals surface area (Å²) in [7, 11) is -1.76. The molecule has 2 aliphatic heterocycles. The van der Waals surface area contributed by atoms with Crippen molar-refractivity contribution >= 4 is 38.9 Å². The molecule has 0 spiro atoms. The average Bonchev–Trinajstić information content (AvgIpc) is 2.87. The molecule has 0 bridgehead atoms. The van der Waals surface area contributed by atoms with Gasteiger partial charge >= 0.3 is 0 Å². The SMILES string of the molecule is CCCN1c2cc(C(N)=O)ccc2-c2nc(Nc3ccc(N4CCN(C)CC4)cc3)ncc2S1(=O)=O. The molecule has 1 amide bonds. The van der Waals surface area contributed by atoms with Gasteiger partial charge in [0.1, 0.15) is 4.90 Å². The van der Waals surface area contributed by atoms with E-state index in [1.54, 1.807) is 12.1 Å². The second-order valence-electron chi connectivity index (χ2n) is 9.04. The van der Waals surface area contributed by atoms with E-state index in [0.717, 1.165) is 37.6 Å². The standard InChI is InChI=1S/C25H29N7O3S/c1-3-10-32-21-15-17(24(26)33)4-9-20(21)23-22(36(32,34)35)16-27-25(29-23)28-18-5-7-19(8-6-18)31-13-11-30(2)12-14-31/h4-9,15-16H,3,10-14H2,1-2H3,(H2,26,33)(H,27,28,29). The fourth-order valence-corrected chi connectivity index (χ4v) is 6.20. The van der Waals surface area contributed by atoms with Gasteiger partial charge in [-0.15, -0.1) is 0 Å². The number of nitrogens with one attached hydrogen (secondary N) is 1. The summed E-state index contributed by atoms with van der Waals surface area (Å²) in [6.07, 6.45) is 1.94. The van der Waals surface area contributed by atoms with E-state index in [-0.39, 0.29) is 23.0 Å². The highest BCUT2D eigenvalue weighted by atomic mass is 32.2. The number of fused-ring (bicyclic) bond motifs is 3. The van der Waals surface area contributed by atoms with E-state index in [4.69, 9.17) is 5.73 Å². The smallest absolute Gasteiger partial charge is 0.268 e. The van der Waals surface area contributed by atoms with Gasteiger partial charge in [0.15, 0.2) is 0 Å². The lowest BCUT2D eigenvalue weighted by Crippen LogP contribution is -2.44. The van der Waals surface area contributed by atoms with Gasteiger partial charge in [-0.05, 0) is 55.9 Å². The first-order valence-corrected chi connectivity index (χ1v) is 13.4. The number of amides is 1. The number of aromatic nitrogens is 2. The molecule has 10 nitrogen and oxygen atoms in total. The van der Waals surface area contributed by atoms with E-state index >= 15 is 0 Å². The summed E-state index contributed by atoms with van der Waals surface area (Å²) in [4.78, 5) is 25.3. The largest absolute Gasteiger partial charge is 0.369 e. The van der Waals surface area contributed by atoms with Crippen LogP contribution in [0.4, 0.5) is 23.0 Å². The highest BCUT2D eigenvalue weighted by molar-refractivity contribution is 7.93. The van der Waals surface area contributed by atoms with E-state index in [1.165, 1.54) is 16.6 Å². The van der Waals surface area contributed by atoms with Gasteiger partial charge in [-0.25, -0.2) is 18.4 Å². The molecule has 188 valence electrons. The molecule has 5 rings (SSSR count). The number of hydrogen-bond acceptors (Lipinski definition) is 8. The number of hydrogen-bond donors (Lipinski definition) is 2. The second-order valence-corrected chi connectivity index (χ2v) is 10.9. The predicted molar refractivity (Wildman–Crippen MR) is 140 cm³/mol. The highest BCUT2D eigenvalue weighted by Crippen LogP contribution is 2.42. The number of likely N-dealkylation sites (N-methyl/N-ethyl adjacent to an activating group) is 1. The zero-order chi connectivity index (χ0) is 25.4. The minimum absolute atomic E-state index is 0.0336. The number of nitrogens with two attached hydrogens (primary N) is 1. The third kappa shape index (κ3) is 4.35. The molecule has 2 aliphatic rings. The molecule has 2 aromatic carbocycles. The molecule has 1 saturated heterocycles. The Bertz CT molecular complexity index is 1400. The number of anilines is 4. The summed E-state index contributed by atoms with van der Waals surface area (Å²) in [6, 6.07) is 12.8. The van der Waals surface area contributed by atoms with E-state index < -0.39 is 15.9 Å². The summed E-state index contributed by atoms with van der Waals surface area (Å²) in [5.41, 5.74) is 8.93. The van der Waals surface area contributed by atoms with Crippen LogP contribution in [-0.4, -0.2) is 69.0 Å². The van der Waals surface area contributed by atoms with Crippen LogP contribution in [0, 0.1) is 0 Å². The first-order chi connectivity index (χ1) is 17.3. The Morgan fingerprint density at radius 3 is 2.47 bits per heavy atom. The number of carbonyl (C=O) groups is 1. The van der Waals surface area contributed by atoms with E-state index in [1.807, 2.05) is 19.1 Å². The Morgan fingerprint density at radius 2 is 1.81 bits per heavy atom. The average molecular weight is 508 g/mol. The molecular weight excluding hydrogens is 478 g/mol. The van der Waals surface area contributed by atoms with Crippen LogP contribution in [0.3, 0.4) is 0 Å². The van der Waals surface area contributed by atoms with Crippen molar-refractivity contribution < 1.29 is 13.2 Å². The normalized spacial score (nSPS) is 16.8. The van der Waals surface area contributed by atoms with Crippen LogP contribution in [0.5, 0.6) is 0 Å². The van der Waals surface area contributed by atoms with Gasteiger partial charge in [-0.2, -0.15) is 0 Å². The van der Waals surface area contributed by atoms with Crippen molar-refractivity contribution in [3.8, 4) is 11.3 Å². The van der Waals surface area contributed by atoms with Crippen molar-refractivity contribution in [2.24, 2.45) is 5.73 Å². The number of primary amides is 1. The van der Waals surface area contributed by atoms with Gasteiger partial charge in [0.2, 0.25) is 11.9 Å². The lowest BCUT2D eigenvalue weighted by molar-refractivity contribution is 0.100. The van der Waals surface area contributed by atoms with E-state index in [2.05, 4.69) is 44.3 Å². The molecule has 36 heavy (non-hydrogen) atoms. The topological polar surface area (TPSA) is 125 Å². The molecule has 0 saturated carbocycles. The number of rotatable bonds is 6. The lowest BCUT2D eigenvalue weighted by Gasteiger charge is -2.34. The minimum Gasteiger partial charge on any atom is -0.369 e. The van der Waals surface area contributed by atoms with Crippen molar-refractivity contribution in [1.29, 1.82) is 0 Å². The van der Waals surface area contributed by atoms with Crippen molar-refractivity contribution in [2.45, 2.75) is 18.2 Å². The summed E-state index contributed by atoms with van der Waals surface area (Å²) in [5.74, 6) is -0.340. The summed E-state index contributed by atoms with van der Waals surface area (Å²) in [5, 5.41) is 3.18. The predicted octanol–water partition coefficient (Wildman–Crippen LogP) is 2.66. The zero-order valence-corrected chi connectivity index (χ0v) is 21.1. The lowest BCUT2D eigenvalue weighted by atomic mass is 10.0. The zero-order valence-electron chi connectivity index (χ0n) is 20.3. The Morgan fingerprint density at radius 1 is 1.08 bits per heavy atom. The van der Waals surface area contributed by atoms with Gasteiger partial charge < -0.3 is 20.9 Å². The van der Waals surface area contributed by atoms with Crippen LogP contribution >= 0.6 is 0 Å². The second kappa shape index (κ2) is 9.40. The van der Waals surface area contributed by atoms with Crippen LogP contribution in [-0.2, 0) is 10.0 Å². The highest BCUT2D eigenvalue weighted by Gasteiger charge is 2.36. The number of piperazine rings is 1. The van der Waals surface area contributed by atoms with Gasteiger partial charge in [0.25, 0.3) is 10.0 Å². The molecule has 0 aliphatic carbocycles. The van der Waals surface area contributed by atoms with Gasteiger partial charge in [-0.3, -0.25) is 9.10 Å². The minimum atomic E-state index is -3.89. The Hall–Kier alpha value is -3.70. The monoisotopic (exact) mass is 507 g/mol. The molecule has 0 unspecified atom stereocenters. The van der Waals surface area contributed by atoms with E-state index in [0.29, 0.717) is 23.4 Å². The van der Waals surface area contributed by atoms with Crippen LogP contribution < -0.4 is 20.3 Å². The van der Waals surface area contributed by atoms with Crippen molar-refractivity contribution in [2.75, 3.05) is 54.3 Å². The summed E-state index contributed by atoms with van der Waals surface area (Å²) < 4.78 is 28.1. The van der Waals surface area contributed by atoms with Gasteiger partial charge in [0, 0.05) is 55.2 Å². The third-order valence-corrected chi connectivity index (χ3v) is 8.36. The molecule has 3 aromatic rings. The fraction of sp³-hybridized carbons (Fsp3) is 0.320. The van der Waals surface area contributed by atoms with Crippen molar-refractivity contribution in [3.05, 3.63) is 54.2 Å². The molecule has 0 atom stereocenters.